The molecule has 1 aromatic rings. The molecule has 7 heteroatoms. The minimum Gasteiger partial charge on any atom is -0.466 e. The average Bonchev–Trinajstić information content (AvgIpc) is 2.60. The minimum absolute atomic E-state index is 0.0225. The van der Waals surface area contributed by atoms with Crippen molar-refractivity contribution in [1.82, 2.24) is 9.97 Å². The van der Waals surface area contributed by atoms with E-state index in [1.165, 1.54) is 12.0 Å². The lowest BCUT2D eigenvalue weighted by atomic mass is 9.82. The fourth-order valence-corrected chi connectivity index (χ4v) is 2.88. The highest BCUT2D eigenvalue weighted by molar-refractivity contribution is 5.85. The number of nitrogens with zero attached hydrogens (tertiary/aromatic N) is 3. The van der Waals surface area contributed by atoms with Crippen LogP contribution in [0.15, 0.2) is 18.5 Å². The zero-order valence-electron chi connectivity index (χ0n) is 13.6. The van der Waals surface area contributed by atoms with E-state index < -0.39 is 6.09 Å². The number of carbonyl (C=O) groups excluding carboxylic acids is 2. The fraction of sp³-hybridized carbons (Fsp3) is 0.625. The summed E-state index contributed by atoms with van der Waals surface area (Å²) in [6.45, 7) is 2.73. The first-order valence-electron chi connectivity index (χ1n) is 7.94. The van der Waals surface area contributed by atoms with Crippen LogP contribution in [0.1, 0.15) is 32.6 Å². The second-order valence-corrected chi connectivity index (χ2v) is 5.60. The molecule has 1 heterocycles. The van der Waals surface area contributed by atoms with Crippen LogP contribution >= 0.6 is 0 Å². The average molecular weight is 321 g/mol. The van der Waals surface area contributed by atoms with E-state index in [9.17, 15) is 9.59 Å². The van der Waals surface area contributed by atoms with Gasteiger partial charge < -0.3 is 9.47 Å². The number of hydrogen-bond acceptors (Lipinski definition) is 6. The number of rotatable bonds is 5. The summed E-state index contributed by atoms with van der Waals surface area (Å²) in [6, 6.07) is 1.70. The largest absolute Gasteiger partial charge is 0.466 e. The van der Waals surface area contributed by atoms with Gasteiger partial charge in [-0.1, -0.05) is 0 Å². The monoisotopic (exact) mass is 321 g/mol. The molecule has 0 aromatic carbocycles. The third-order valence-corrected chi connectivity index (χ3v) is 4.10. The summed E-state index contributed by atoms with van der Waals surface area (Å²) in [6.07, 6.45) is 6.02. The smallest absolute Gasteiger partial charge is 0.416 e. The van der Waals surface area contributed by atoms with Gasteiger partial charge in [-0.05, 0) is 44.6 Å². The first kappa shape index (κ1) is 17.2. The summed E-state index contributed by atoms with van der Waals surface area (Å²) >= 11 is 0. The Hall–Kier alpha value is -2.18. The summed E-state index contributed by atoms with van der Waals surface area (Å²) in [7, 11) is 1.34. The van der Waals surface area contributed by atoms with Gasteiger partial charge in [-0.15, -0.1) is 0 Å². The molecule has 0 atom stereocenters. The second-order valence-electron chi connectivity index (χ2n) is 5.60. The van der Waals surface area contributed by atoms with Crippen molar-refractivity contribution in [3.63, 3.8) is 0 Å². The Morgan fingerprint density at radius 2 is 1.87 bits per heavy atom. The zero-order chi connectivity index (χ0) is 16.7. The predicted molar refractivity (Wildman–Crippen MR) is 83.9 cm³/mol. The summed E-state index contributed by atoms with van der Waals surface area (Å²) in [5.74, 6) is 0.503. The quantitative estimate of drug-likeness (QED) is 0.775. The van der Waals surface area contributed by atoms with E-state index in [2.05, 4.69) is 9.97 Å². The third kappa shape index (κ3) is 4.64. The molecular weight excluding hydrogens is 298 g/mol. The number of ether oxygens (including phenoxy) is 2. The second kappa shape index (κ2) is 8.45. The number of amides is 1. The molecule has 1 saturated carbocycles. The highest BCUT2D eigenvalue weighted by Gasteiger charge is 2.30. The minimum atomic E-state index is -0.469. The van der Waals surface area contributed by atoms with E-state index in [1.54, 1.807) is 18.5 Å². The summed E-state index contributed by atoms with van der Waals surface area (Å²) in [5, 5.41) is 0. The van der Waals surface area contributed by atoms with Gasteiger partial charge in [-0.25, -0.2) is 19.7 Å². The molecule has 1 fully saturated rings. The molecule has 0 aliphatic heterocycles. The molecule has 1 aliphatic carbocycles. The van der Waals surface area contributed by atoms with Crippen molar-refractivity contribution in [2.45, 2.75) is 32.6 Å². The van der Waals surface area contributed by atoms with Gasteiger partial charge in [0.1, 0.15) is 0 Å². The zero-order valence-corrected chi connectivity index (χ0v) is 13.6. The highest BCUT2D eigenvalue weighted by atomic mass is 16.5. The van der Waals surface area contributed by atoms with Crippen molar-refractivity contribution in [3.05, 3.63) is 18.5 Å². The standard InChI is InChI=1S/C16H23N3O4/c1-3-23-14(20)13-7-5-12(6-8-13)11-19(16(21)22-2)15-17-9-4-10-18-15/h4,9-10,12-13H,3,5-8,11H2,1-2H3. The molecule has 0 bridgehead atoms. The molecular formula is C16H23N3O4. The first-order chi connectivity index (χ1) is 11.2. The van der Waals surface area contributed by atoms with E-state index in [1.807, 2.05) is 6.92 Å². The van der Waals surface area contributed by atoms with Gasteiger partial charge >= 0.3 is 12.1 Å². The van der Waals surface area contributed by atoms with Gasteiger partial charge in [0.2, 0.25) is 5.95 Å². The normalized spacial score (nSPS) is 20.6. The molecule has 2 rings (SSSR count). The van der Waals surface area contributed by atoms with Crippen LogP contribution in [0.4, 0.5) is 10.7 Å². The molecule has 1 aromatic heterocycles. The van der Waals surface area contributed by atoms with E-state index in [0.29, 0.717) is 25.0 Å². The molecule has 7 nitrogen and oxygen atoms in total. The lowest BCUT2D eigenvalue weighted by Gasteiger charge is -2.30. The van der Waals surface area contributed by atoms with Crippen LogP contribution in [0.25, 0.3) is 0 Å². The summed E-state index contributed by atoms with van der Waals surface area (Å²) in [5.41, 5.74) is 0. The SMILES string of the molecule is CCOC(=O)C1CCC(CN(C(=O)OC)c2ncccn2)CC1. The van der Waals surface area contributed by atoms with Crippen molar-refractivity contribution in [2.75, 3.05) is 25.2 Å². The van der Waals surface area contributed by atoms with Crippen molar-refractivity contribution in [1.29, 1.82) is 0 Å². The Bertz CT molecular complexity index is 515. The van der Waals surface area contributed by atoms with Gasteiger partial charge in [-0.3, -0.25) is 4.79 Å². The molecule has 1 aliphatic rings. The fourth-order valence-electron chi connectivity index (χ4n) is 2.88. The Labute approximate surface area is 136 Å². The highest BCUT2D eigenvalue weighted by Crippen LogP contribution is 2.30. The molecule has 126 valence electrons. The van der Waals surface area contributed by atoms with Gasteiger partial charge in [0.15, 0.2) is 0 Å². The number of methoxy groups -OCH3 is 1. The van der Waals surface area contributed by atoms with Crippen LogP contribution < -0.4 is 4.90 Å². The summed E-state index contributed by atoms with van der Waals surface area (Å²) in [4.78, 5) is 33.5. The first-order valence-corrected chi connectivity index (χ1v) is 7.94. The van der Waals surface area contributed by atoms with Gasteiger partial charge in [-0.2, -0.15) is 0 Å². The molecule has 0 unspecified atom stereocenters. The maximum atomic E-state index is 12.0. The van der Waals surface area contributed by atoms with Crippen molar-refractivity contribution < 1.29 is 19.1 Å². The number of anilines is 1. The maximum Gasteiger partial charge on any atom is 0.416 e. The molecule has 1 amide bonds. The lowest BCUT2D eigenvalue weighted by molar-refractivity contribution is -0.149. The van der Waals surface area contributed by atoms with E-state index in [-0.39, 0.29) is 11.9 Å². The number of esters is 1. The Morgan fingerprint density at radius 1 is 1.22 bits per heavy atom. The van der Waals surface area contributed by atoms with Gasteiger partial charge in [0, 0.05) is 18.9 Å². The number of aromatic nitrogens is 2. The van der Waals surface area contributed by atoms with Crippen molar-refractivity contribution >= 4 is 18.0 Å². The number of hydrogen-bond donors (Lipinski definition) is 0. The Balaban J connectivity index is 1.94. The van der Waals surface area contributed by atoms with Crippen LogP contribution in [0.5, 0.6) is 0 Å². The molecule has 23 heavy (non-hydrogen) atoms. The van der Waals surface area contributed by atoms with E-state index in [0.717, 1.165) is 25.7 Å². The third-order valence-electron chi connectivity index (χ3n) is 4.10. The Kier molecular flexibility index (Phi) is 6.31. The van der Waals surface area contributed by atoms with Crippen molar-refractivity contribution in [3.8, 4) is 0 Å². The van der Waals surface area contributed by atoms with Gasteiger partial charge in [0.25, 0.3) is 0 Å². The molecule has 0 spiro atoms. The van der Waals surface area contributed by atoms with Crippen LogP contribution in [-0.2, 0) is 14.3 Å². The molecule has 0 N–H and O–H groups in total. The van der Waals surface area contributed by atoms with Crippen LogP contribution in [0.2, 0.25) is 0 Å². The van der Waals surface area contributed by atoms with Crippen LogP contribution in [0.3, 0.4) is 0 Å². The molecule has 0 saturated heterocycles. The van der Waals surface area contributed by atoms with E-state index in [4.69, 9.17) is 9.47 Å². The maximum absolute atomic E-state index is 12.0. The van der Waals surface area contributed by atoms with E-state index >= 15 is 0 Å². The van der Waals surface area contributed by atoms with Crippen molar-refractivity contribution in [2.24, 2.45) is 11.8 Å². The summed E-state index contributed by atoms with van der Waals surface area (Å²) < 4.78 is 9.91. The predicted octanol–water partition coefficient (Wildman–Crippen LogP) is 2.42. The topological polar surface area (TPSA) is 81.6 Å². The van der Waals surface area contributed by atoms with Crippen LogP contribution in [0, 0.1) is 11.8 Å². The van der Waals surface area contributed by atoms with Gasteiger partial charge in [0.05, 0.1) is 19.6 Å². The van der Waals surface area contributed by atoms with Crippen LogP contribution in [-0.4, -0.2) is 42.3 Å². The molecule has 0 radical (unpaired) electrons. The lowest BCUT2D eigenvalue weighted by Crippen LogP contribution is -2.38. The Morgan fingerprint density at radius 3 is 2.43 bits per heavy atom. The number of carbonyl (C=O) groups is 2.